The molecular weight excluding hydrogens is 290 g/mol. The topological polar surface area (TPSA) is 12.4 Å². The molecule has 1 nitrogen and oxygen atoms in total. The van der Waals surface area contributed by atoms with E-state index >= 15 is 0 Å². The molecule has 0 fully saturated rings. The third-order valence-electron chi connectivity index (χ3n) is 4.48. The largest absolute Gasteiger partial charge is 0.296 e. The van der Waals surface area contributed by atoms with Gasteiger partial charge in [-0.2, -0.15) is 0 Å². The molecule has 0 radical (unpaired) electrons. The van der Waals surface area contributed by atoms with E-state index in [-0.39, 0.29) is 0 Å². The van der Waals surface area contributed by atoms with Crippen molar-refractivity contribution in [3.05, 3.63) is 76.9 Å². The van der Waals surface area contributed by atoms with Crippen molar-refractivity contribution < 1.29 is 0 Å². The maximum absolute atomic E-state index is 4.21. The van der Waals surface area contributed by atoms with Crippen LogP contribution in [-0.2, 0) is 0 Å². The Morgan fingerprint density at radius 3 is 2.38 bits per heavy atom. The van der Waals surface area contributed by atoms with Gasteiger partial charge in [0.05, 0.1) is 0 Å². The minimum absolute atomic E-state index is 0.380. The number of hydrogen-bond acceptors (Lipinski definition) is 1. The Hall–Kier alpha value is -2.15. The van der Waals surface area contributed by atoms with Crippen LogP contribution >= 0.6 is 0 Å². The zero-order valence-electron chi connectivity index (χ0n) is 16.1. The van der Waals surface area contributed by atoms with Crippen molar-refractivity contribution in [3.63, 3.8) is 0 Å². The molecule has 0 bridgehead atoms. The molecular formula is C23H31N. The molecule has 0 saturated heterocycles. The van der Waals surface area contributed by atoms with Crippen LogP contribution in [0.5, 0.6) is 0 Å². The first-order chi connectivity index (χ1) is 11.4. The smallest absolute Gasteiger partial charge is 0.0277 e. The summed E-state index contributed by atoms with van der Waals surface area (Å²) in [5.41, 5.74) is 8.57. The molecule has 0 aliphatic heterocycles. The summed E-state index contributed by atoms with van der Waals surface area (Å²) in [6.07, 6.45) is 7.09. The second kappa shape index (κ2) is 9.22. The highest BCUT2D eigenvalue weighted by Crippen LogP contribution is 2.33. The summed E-state index contributed by atoms with van der Waals surface area (Å²) in [6, 6.07) is 6.73. The normalized spacial score (nSPS) is 14.5. The predicted octanol–water partition coefficient (Wildman–Crippen LogP) is 6.67. The van der Waals surface area contributed by atoms with E-state index in [1.165, 1.54) is 27.8 Å². The minimum atomic E-state index is 0.380. The lowest BCUT2D eigenvalue weighted by Gasteiger charge is -2.20. The van der Waals surface area contributed by atoms with Gasteiger partial charge in [0, 0.05) is 19.2 Å². The van der Waals surface area contributed by atoms with E-state index in [1.807, 2.05) is 19.3 Å². The predicted molar refractivity (Wildman–Crippen MR) is 110 cm³/mol. The standard InChI is InChI=1S/C23H31N/c1-9-17(6)23(16(4)5)20-12-13-22(18(7)14-20)21(11-3)19(10-2)15-24-8/h9-10,12-15,21H,1,4,11H2,2-3,5-8H3/b19-10+,23-17+,24-15?. The van der Waals surface area contributed by atoms with Gasteiger partial charge in [0.25, 0.3) is 0 Å². The first-order valence-electron chi connectivity index (χ1n) is 8.59. The van der Waals surface area contributed by atoms with Crippen molar-refractivity contribution in [2.45, 2.75) is 47.0 Å². The van der Waals surface area contributed by atoms with Crippen molar-refractivity contribution in [1.29, 1.82) is 0 Å². The number of hydrogen-bond donors (Lipinski definition) is 0. The summed E-state index contributed by atoms with van der Waals surface area (Å²) in [7, 11) is 1.83. The van der Waals surface area contributed by atoms with Crippen molar-refractivity contribution >= 4 is 11.8 Å². The maximum Gasteiger partial charge on any atom is 0.0277 e. The van der Waals surface area contributed by atoms with E-state index in [4.69, 9.17) is 0 Å². The van der Waals surface area contributed by atoms with Gasteiger partial charge in [0.2, 0.25) is 0 Å². The SMILES string of the molecule is C=C/C(C)=C(\C(=C)C)c1ccc(C(CC)/C(C=NC)=C/C)c(C)c1. The molecule has 0 N–H and O–H groups in total. The van der Waals surface area contributed by atoms with Crippen LogP contribution in [-0.4, -0.2) is 13.3 Å². The summed E-state index contributed by atoms with van der Waals surface area (Å²) in [5, 5.41) is 0. The lowest BCUT2D eigenvalue weighted by atomic mass is 9.84. The number of nitrogens with zero attached hydrogens (tertiary/aromatic N) is 1. The van der Waals surface area contributed by atoms with Crippen LogP contribution in [0.25, 0.3) is 5.57 Å². The number of rotatable bonds is 7. The van der Waals surface area contributed by atoms with Gasteiger partial charge in [-0.25, -0.2) is 0 Å². The first-order valence-corrected chi connectivity index (χ1v) is 8.59. The second-order valence-electron chi connectivity index (χ2n) is 6.25. The molecule has 1 atom stereocenters. The molecule has 1 rings (SSSR count). The van der Waals surface area contributed by atoms with Crippen LogP contribution in [0.3, 0.4) is 0 Å². The van der Waals surface area contributed by atoms with E-state index in [9.17, 15) is 0 Å². The molecule has 0 aliphatic rings. The molecule has 0 heterocycles. The minimum Gasteiger partial charge on any atom is -0.296 e. The van der Waals surface area contributed by atoms with E-state index in [1.54, 1.807) is 0 Å². The molecule has 1 aromatic carbocycles. The van der Waals surface area contributed by atoms with E-state index in [0.717, 1.165) is 17.6 Å². The fraction of sp³-hybridized carbons (Fsp3) is 0.348. The zero-order chi connectivity index (χ0) is 18.3. The Balaban J connectivity index is 3.43. The van der Waals surface area contributed by atoms with Gasteiger partial charge < -0.3 is 0 Å². The Morgan fingerprint density at radius 1 is 1.29 bits per heavy atom. The highest BCUT2D eigenvalue weighted by Gasteiger charge is 2.16. The number of benzene rings is 1. The Morgan fingerprint density at radius 2 is 1.96 bits per heavy atom. The van der Waals surface area contributed by atoms with Crippen molar-refractivity contribution in [2.75, 3.05) is 7.05 Å². The molecule has 128 valence electrons. The quantitative estimate of drug-likeness (QED) is 0.393. The van der Waals surface area contributed by atoms with Crippen LogP contribution in [0.4, 0.5) is 0 Å². The lowest BCUT2D eigenvalue weighted by molar-refractivity contribution is 0.779. The summed E-state index contributed by atoms with van der Waals surface area (Å²) in [5.74, 6) is 0.380. The third kappa shape index (κ3) is 4.44. The van der Waals surface area contributed by atoms with Crippen molar-refractivity contribution in [1.82, 2.24) is 0 Å². The molecule has 1 aromatic rings. The van der Waals surface area contributed by atoms with Gasteiger partial charge in [-0.05, 0) is 67.5 Å². The molecule has 0 amide bonds. The Bertz CT molecular complexity index is 699. The van der Waals surface area contributed by atoms with Gasteiger partial charge in [-0.15, -0.1) is 0 Å². The fourth-order valence-corrected chi connectivity index (χ4v) is 3.28. The van der Waals surface area contributed by atoms with E-state index in [2.05, 4.69) is 77.0 Å². The molecule has 0 aliphatic carbocycles. The number of aryl methyl sites for hydroxylation is 1. The number of allylic oxidation sites excluding steroid dienone is 6. The fourth-order valence-electron chi connectivity index (χ4n) is 3.28. The summed E-state index contributed by atoms with van der Waals surface area (Å²) in [6.45, 7) is 18.7. The van der Waals surface area contributed by atoms with Gasteiger partial charge in [-0.1, -0.05) is 56.0 Å². The second-order valence-corrected chi connectivity index (χ2v) is 6.25. The van der Waals surface area contributed by atoms with Gasteiger partial charge in [-0.3, -0.25) is 4.99 Å². The van der Waals surface area contributed by atoms with E-state index in [0.29, 0.717) is 5.92 Å². The van der Waals surface area contributed by atoms with Crippen LogP contribution in [0.2, 0.25) is 0 Å². The Labute approximate surface area is 148 Å². The summed E-state index contributed by atoms with van der Waals surface area (Å²) in [4.78, 5) is 4.21. The van der Waals surface area contributed by atoms with Gasteiger partial charge in [0.1, 0.15) is 0 Å². The van der Waals surface area contributed by atoms with Crippen LogP contribution in [0.15, 0.2) is 65.2 Å². The molecule has 0 aromatic heterocycles. The van der Waals surface area contributed by atoms with E-state index < -0.39 is 0 Å². The maximum atomic E-state index is 4.21. The highest BCUT2D eigenvalue weighted by atomic mass is 14.6. The molecule has 0 spiro atoms. The first kappa shape index (κ1) is 19.9. The zero-order valence-corrected chi connectivity index (χ0v) is 16.1. The van der Waals surface area contributed by atoms with Crippen molar-refractivity contribution in [2.24, 2.45) is 4.99 Å². The molecule has 1 unspecified atom stereocenters. The Kier molecular flexibility index (Phi) is 7.64. The number of aliphatic imine (C=N–C) groups is 1. The average Bonchev–Trinajstić information content (AvgIpc) is 2.55. The van der Waals surface area contributed by atoms with Gasteiger partial charge >= 0.3 is 0 Å². The lowest BCUT2D eigenvalue weighted by Crippen LogP contribution is -2.05. The molecule has 1 heteroatoms. The summed E-state index contributed by atoms with van der Waals surface area (Å²) >= 11 is 0. The monoisotopic (exact) mass is 321 g/mol. The van der Waals surface area contributed by atoms with Gasteiger partial charge in [0.15, 0.2) is 0 Å². The highest BCUT2D eigenvalue weighted by molar-refractivity contribution is 5.83. The van der Waals surface area contributed by atoms with Crippen LogP contribution < -0.4 is 0 Å². The molecule has 0 saturated carbocycles. The van der Waals surface area contributed by atoms with Crippen LogP contribution in [0.1, 0.15) is 56.7 Å². The average molecular weight is 322 g/mol. The summed E-state index contributed by atoms with van der Waals surface area (Å²) < 4.78 is 0. The third-order valence-corrected chi connectivity index (χ3v) is 4.48. The van der Waals surface area contributed by atoms with Crippen LogP contribution in [0, 0.1) is 6.92 Å². The molecule has 24 heavy (non-hydrogen) atoms. The van der Waals surface area contributed by atoms with Crippen molar-refractivity contribution in [3.8, 4) is 0 Å².